The molecular weight excluding hydrogens is 296 g/mol. The second-order valence-electron chi connectivity index (χ2n) is 4.87. The zero-order chi connectivity index (χ0) is 15.8. The van der Waals surface area contributed by atoms with E-state index in [9.17, 15) is 18.0 Å². The lowest BCUT2D eigenvalue weighted by atomic mass is 10.3. The van der Waals surface area contributed by atoms with Crippen molar-refractivity contribution < 1.29 is 18.0 Å². The van der Waals surface area contributed by atoms with E-state index in [0.29, 0.717) is 11.4 Å². The van der Waals surface area contributed by atoms with Crippen LogP contribution in [0.2, 0.25) is 0 Å². The van der Waals surface area contributed by atoms with E-state index in [1.807, 2.05) is 0 Å². The van der Waals surface area contributed by atoms with Crippen LogP contribution in [0.1, 0.15) is 6.92 Å². The summed E-state index contributed by atoms with van der Waals surface area (Å²) in [5.41, 5.74) is 0.616. The van der Waals surface area contributed by atoms with E-state index in [-0.39, 0.29) is 6.54 Å². The van der Waals surface area contributed by atoms with Crippen LogP contribution < -0.4 is 9.62 Å². The van der Waals surface area contributed by atoms with Gasteiger partial charge in [0, 0.05) is 20.3 Å². The van der Waals surface area contributed by atoms with Crippen LogP contribution in [0.5, 0.6) is 0 Å². The van der Waals surface area contributed by atoms with E-state index in [4.69, 9.17) is 0 Å². The zero-order valence-corrected chi connectivity index (χ0v) is 12.7. The topological polar surface area (TPSA) is 99.7 Å². The second-order valence-corrected chi connectivity index (χ2v) is 7.05. The highest BCUT2D eigenvalue weighted by molar-refractivity contribution is 7.94. The molecule has 0 aromatic carbocycles. The lowest BCUT2D eigenvalue weighted by molar-refractivity contribution is -0.128. The molecule has 9 heteroatoms. The van der Waals surface area contributed by atoms with Crippen molar-refractivity contribution in [2.24, 2.45) is 0 Å². The Morgan fingerprint density at radius 1 is 1.48 bits per heavy atom. The fraction of sp³-hybridized carbons (Fsp3) is 0.417. The average molecular weight is 312 g/mol. The molecule has 0 aliphatic carbocycles. The van der Waals surface area contributed by atoms with Crippen LogP contribution in [0.15, 0.2) is 18.5 Å². The summed E-state index contributed by atoms with van der Waals surface area (Å²) in [5, 5.41) is 1.27. The Morgan fingerprint density at radius 3 is 2.76 bits per heavy atom. The summed E-state index contributed by atoms with van der Waals surface area (Å²) >= 11 is 0. The summed E-state index contributed by atoms with van der Waals surface area (Å²) in [6.07, 6.45) is 2.80. The average Bonchev–Trinajstić information content (AvgIpc) is 2.44. The largest absolute Gasteiger partial charge is 0.348 e. The molecule has 2 amide bonds. The van der Waals surface area contributed by atoms with E-state index in [1.54, 1.807) is 0 Å². The van der Waals surface area contributed by atoms with Gasteiger partial charge in [0.15, 0.2) is 5.25 Å². The van der Waals surface area contributed by atoms with Crippen molar-refractivity contribution in [3.63, 3.8) is 0 Å². The van der Waals surface area contributed by atoms with Gasteiger partial charge >= 0.3 is 0 Å². The highest BCUT2D eigenvalue weighted by atomic mass is 32.2. The third-order valence-electron chi connectivity index (χ3n) is 3.17. The number of anilines is 2. The molecule has 21 heavy (non-hydrogen) atoms. The molecule has 0 fully saturated rings. The molecule has 1 aliphatic rings. The number of carbonyl (C=O) groups excluding carboxylic acids is 2. The van der Waals surface area contributed by atoms with E-state index in [0.717, 1.165) is 4.31 Å². The number of amides is 2. The summed E-state index contributed by atoms with van der Waals surface area (Å²) in [5.74, 6) is -1.01. The molecule has 0 bridgehead atoms. The van der Waals surface area contributed by atoms with Crippen molar-refractivity contribution >= 4 is 33.2 Å². The predicted molar refractivity (Wildman–Crippen MR) is 77.3 cm³/mol. The van der Waals surface area contributed by atoms with Crippen LogP contribution in [0.25, 0.3) is 0 Å². The Labute approximate surface area is 122 Å². The van der Waals surface area contributed by atoms with Gasteiger partial charge in [0.1, 0.15) is 6.54 Å². The number of nitrogens with zero attached hydrogens (tertiary/aromatic N) is 3. The van der Waals surface area contributed by atoms with Gasteiger partial charge in [-0.2, -0.15) is 0 Å². The maximum atomic E-state index is 12.6. The van der Waals surface area contributed by atoms with Gasteiger partial charge in [-0.25, -0.2) is 8.42 Å². The monoisotopic (exact) mass is 312 g/mol. The minimum absolute atomic E-state index is 0.307. The van der Waals surface area contributed by atoms with Crippen LogP contribution in [0.4, 0.5) is 11.4 Å². The number of carbonyl (C=O) groups is 2. The van der Waals surface area contributed by atoms with Gasteiger partial charge in [0.05, 0.1) is 17.6 Å². The SMILES string of the molecule is CC(C(=O)N(C)C)S(=O)(=O)N1CC(=O)Nc2cnccc21. The fourth-order valence-corrected chi connectivity index (χ4v) is 3.59. The zero-order valence-electron chi connectivity index (χ0n) is 11.9. The highest BCUT2D eigenvalue weighted by Gasteiger charge is 2.38. The van der Waals surface area contributed by atoms with Gasteiger partial charge in [0.2, 0.25) is 21.8 Å². The molecule has 1 aromatic heterocycles. The van der Waals surface area contributed by atoms with Crippen LogP contribution in [0.3, 0.4) is 0 Å². The number of aromatic nitrogens is 1. The van der Waals surface area contributed by atoms with Gasteiger partial charge < -0.3 is 10.2 Å². The minimum atomic E-state index is -4.00. The number of fused-ring (bicyclic) bond motifs is 1. The van der Waals surface area contributed by atoms with Crippen LogP contribution in [0, 0.1) is 0 Å². The van der Waals surface area contributed by atoms with Crippen LogP contribution >= 0.6 is 0 Å². The Hall–Kier alpha value is -2.16. The molecule has 1 unspecified atom stereocenters. The molecule has 8 nitrogen and oxygen atoms in total. The summed E-state index contributed by atoms with van der Waals surface area (Å²) in [4.78, 5) is 28.7. The minimum Gasteiger partial charge on any atom is -0.348 e. The van der Waals surface area contributed by atoms with Crippen molar-refractivity contribution in [3.8, 4) is 0 Å². The third kappa shape index (κ3) is 2.68. The van der Waals surface area contributed by atoms with E-state index >= 15 is 0 Å². The molecule has 1 atom stereocenters. The molecule has 0 radical (unpaired) electrons. The summed E-state index contributed by atoms with van der Waals surface area (Å²) in [7, 11) is -1.04. The smallest absolute Gasteiger partial charge is 0.247 e. The van der Waals surface area contributed by atoms with E-state index in [2.05, 4.69) is 10.3 Å². The molecule has 1 N–H and O–H groups in total. The number of hydrogen-bond acceptors (Lipinski definition) is 5. The Kier molecular flexibility index (Phi) is 3.86. The quantitative estimate of drug-likeness (QED) is 0.822. The molecule has 0 saturated carbocycles. The number of sulfonamides is 1. The number of hydrogen-bond donors (Lipinski definition) is 1. The highest BCUT2D eigenvalue weighted by Crippen LogP contribution is 2.31. The Balaban J connectivity index is 2.46. The van der Waals surface area contributed by atoms with Crippen molar-refractivity contribution in [3.05, 3.63) is 18.5 Å². The molecule has 2 heterocycles. The molecule has 0 saturated heterocycles. The molecular formula is C12H16N4O4S. The number of pyridine rings is 1. The van der Waals surface area contributed by atoms with Gasteiger partial charge in [-0.05, 0) is 13.0 Å². The first-order valence-corrected chi connectivity index (χ1v) is 7.72. The second kappa shape index (κ2) is 5.32. The van der Waals surface area contributed by atoms with E-state index < -0.39 is 27.1 Å². The number of rotatable bonds is 3. The predicted octanol–water partition coefficient (Wildman–Crippen LogP) is -0.353. The standard InChI is InChI=1S/C12H16N4O4S/c1-8(12(18)15(2)3)21(19,20)16-7-11(17)14-9-6-13-5-4-10(9)16/h4-6,8H,7H2,1-3H3,(H,14,17). The van der Waals surface area contributed by atoms with Crippen LogP contribution in [-0.4, -0.2) is 56.0 Å². The summed E-state index contributed by atoms with van der Waals surface area (Å²) in [6, 6.07) is 1.49. The molecule has 1 aliphatic heterocycles. The third-order valence-corrected chi connectivity index (χ3v) is 5.21. The molecule has 2 rings (SSSR count). The summed E-state index contributed by atoms with van der Waals surface area (Å²) in [6.45, 7) is 0.954. The molecule has 114 valence electrons. The summed E-state index contributed by atoms with van der Waals surface area (Å²) < 4.78 is 26.2. The van der Waals surface area contributed by atoms with Gasteiger partial charge in [0.25, 0.3) is 0 Å². The maximum Gasteiger partial charge on any atom is 0.247 e. The van der Waals surface area contributed by atoms with Gasteiger partial charge in [-0.3, -0.25) is 18.9 Å². The lowest BCUT2D eigenvalue weighted by Crippen LogP contribution is -2.49. The normalized spacial score (nSPS) is 16.0. The first-order chi connectivity index (χ1) is 9.75. The lowest BCUT2D eigenvalue weighted by Gasteiger charge is -2.32. The van der Waals surface area contributed by atoms with Crippen molar-refractivity contribution in [1.82, 2.24) is 9.88 Å². The maximum absolute atomic E-state index is 12.6. The first-order valence-electron chi connectivity index (χ1n) is 6.21. The molecule has 1 aromatic rings. The van der Waals surface area contributed by atoms with Gasteiger partial charge in [-0.1, -0.05) is 0 Å². The first kappa shape index (κ1) is 15.2. The van der Waals surface area contributed by atoms with Crippen molar-refractivity contribution in [2.75, 3.05) is 30.3 Å². The van der Waals surface area contributed by atoms with Gasteiger partial charge in [-0.15, -0.1) is 0 Å². The van der Waals surface area contributed by atoms with Crippen molar-refractivity contribution in [2.45, 2.75) is 12.2 Å². The fourth-order valence-electron chi connectivity index (χ4n) is 2.02. The van der Waals surface area contributed by atoms with Crippen LogP contribution in [-0.2, 0) is 19.6 Å². The Bertz CT molecular complexity index is 686. The molecule has 0 spiro atoms. The van der Waals surface area contributed by atoms with E-state index in [1.165, 1.54) is 44.4 Å². The number of nitrogens with one attached hydrogen (secondary N) is 1. The van der Waals surface area contributed by atoms with Crippen molar-refractivity contribution in [1.29, 1.82) is 0 Å². The Morgan fingerprint density at radius 2 is 2.14 bits per heavy atom.